The zero-order valence-corrected chi connectivity index (χ0v) is 16.1. The van der Waals surface area contributed by atoms with Crippen LogP contribution in [-0.4, -0.2) is 39.6 Å². The van der Waals surface area contributed by atoms with Gasteiger partial charge < -0.3 is 18.9 Å². The Balaban J connectivity index is 2.12. The average Bonchev–Trinajstić information content (AvgIpc) is 2.66. The maximum Gasteiger partial charge on any atom is 0.271 e. The van der Waals surface area contributed by atoms with Gasteiger partial charge in [0, 0.05) is 5.56 Å². The Labute approximate surface area is 158 Å². The van der Waals surface area contributed by atoms with Crippen LogP contribution in [0.1, 0.15) is 29.8 Å². The third-order valence-corrected chi connectivity index (χ3v) is 3.54. The van der Waals surface area contributed by atoms with Crippen LogP contribution >= 0.6 is 0 Å². The highest BCUT2D eigenvalue weighted by atomic mass is 16.5. The number of hydrogen-bond donors (Lipinski definition) is 1. The van der Waals surface area contributed by atoms with Gasteiger partial charge in [-0.2, -0.15) is 5.10 Å². The highest BCUT2D eigenvalue weighted by Crippen LogP contribution is 2.38. The number of benzene rings is 2. The van der Waals surface area contributed by atoms with E-state index in [9.17, 15) is 4.79 Å². The van der Waals surface area contributed by atoms with Gasteiger partial charge in [0.2, 0.25) is 5.75 Å². The Morgan fingerprint density at radius 3 is 2.26 bits per heavy atom. The van der Waals surface area contributed by atoms with Gasteiger partial charge in [-0.05, 0) is 43.7 Å². The van der Waals surface area contributed by atoms with Gasteiger partial charge in [0.25, 0.3) is 5.91 Å². The quantitative estimate of drug-likeness (QED) is 0.568. The first kappa shape index (κ1) is 20.1. The van der Waals surface area contributed by atoms with Crippen molar-refractivity contribution in [1.82, 2.24) is 5.43 Å². The summed E-state index contributed by atoms with van der Waals surface area (Å²) in [7, 11) is 4.48. The lowest BCUT2D eigenvalue weighted by Gasteiger charge is -2.13. The lowest BCUT2D eigenvalue weighted by Crippen LogP contribution is -2.18. The number of rotatable bonds is 8. The normalized spacial score (nSPS) is 10.7. The van der Waals surface area contributed by atoms with E-state index in [-0.39, 0.29) is 6.10 Å². The van der Waals surface area contributed by atoms with Crippen LogP contribution in [0.3, 0.4) is 0 Å². The van der Waals surface area contributed by atoms with E-state index in [1.165, 1.54) is 21.3 Å². The number of amides is 1. The molecule has 0 unspecified atom stereocenters. The molecule has 0 radical (unpaired) electrons. The zero-order valence-electron chi connectivity index (χ0n) is 16.1. The number of carbonyl (C=O) groups excluding carboxylic acids is 1. The van der Waals surface area contributed by atoms with Crippen LogP contribution < -0.4 is 24.4 Å². The maximum atomic E-state index is 12.4. The van der Waals surface area contributed by atoms with Gasteiger partial charge in [-0.25, -0.2) is 5.43 Å². The second-order valence-corrected chi connectivity index (χ2v) is 5.85. The molecule has 1 amide bonds. The molecule has 0 spiro atoms. The molecule has 2 aromatic carbocycles. The molecule has 0 fully saturated rings. The van der Waals surface area contributed by atoms with Gasteiger partial charge in [-0.1, -0.05) is 12.1 Å². The molecule has 7 heteroatoms. The van der Waals surface area contributed by atoms with Crippen molar-refractivity contribution in [2.75, 3.05) is 21.3 Å². The predicted molar refractivity (Wildman–Crippen MR) is 103 cm³/mol. The Kier molecular flexibility index (Phi) is 7.05. The van der Waals surface area contributed by atoms with Gasteiger partial charge in [-0.3, -0.25) is 4.79 Å². The number of hydrazone groups is 1. The van der Waals surface area contributed by atoms with Crippen LogP contribution in [0.5, 0.6) is 23.0 Å². The topological polar surface area (TPSA) is 78.4 Å². The second-order valence-electron chi connectivity index (χ2n) is 5.85. The van der Waals surface area contributed by atoms with Crippen molar-refractivity contribution in [2.24, 2.45) is 5.10 Å². The molecule has 7 nitrogen and oxygen atoms in total. The van der Waals surface area contributed by atoms with Crippen molar-refractivity contribution >= 4 is 12.1 Å². The predicted octanol–water partition coefficient (Wildman–Crippen LogP) is 3.26. The largest absolute Gasteiger partial charge is 0.493 e. The minimum Gasteiger partial charge on any atom is -0.493 e. The van der Waals surface area contributed by atoms with Crippen molar-refractivity contribution in [3.8, 4) is 23.0 Å². The molecule has 0 bridgehead atoms. The number of hydrogen-bond acceptors (Lipinski definition) is 6. The number of carbonyl (C=O) groups is 1. The molecule has 144 valence electrons. The molecule has 0 saturated carbocycles. The lowest BCUT2D eigenvalue weighted by molar-refractivity contribution is 0.0954. The molecule has 2 rings (SSSR count). The summed E-state index contributed by atoms with van der Waals surface area (Å²) < 4.78 is 21.4. The van der Waals surface area contributed by atoms with Crippen LogP contribution in [0, 0.1) is 0 Å². The first-order valence-electron chi connectivity index (χ1n) is 8.38. The van der Waals surface area contributed by atoms with Crippen LogP contribution in [0.15, 0.2) is 41.5 Å². The number of ether oxygens (including phenoxy) is 4. The number of nitrogens with one attached hydrogen (secondary N) is 1. The third-order valence-electron chi connectivity index (χ3n) is 3.54. The fourth-order valence-corrected chi connectivity index (χ4v) is 2.38. The number of nitrogens with zero attached hydrogens (tertiary/aromatic N) is 1. The highest BCUT2D eigenvalue weighted by Gasteiger charge is 2.16. The number of methoxy groups -OCH3 is 3. The molecule has 0 heterocycles. The molecule has 0 aliphatic carbocycles. The van der Waals surface area contributed by atoms with E-state index in [1.54, 1.807) is 18.3 Å². The first-order chi connectivity index (χ1) is 13.0. The summed E-state index contributed by atoms with van der Waals surface area (Å²) >= 11 is 0. The zero-order chi connectivity index (χ0) is 19.8. The minimum absolute atomic E-state index is 0.0805. The van der Waals surface area contributed by atoms with E-state index < -0.39 is 5.91 Å². The summed E-state index contributed by atoms with van der Waals surface area (Å²) in [5.74, 6) is 1.54. The Hall–Kier alpha value is -3.22. The summed E-state index contributed by atoms with van der Waals surface area (Å²) in [4.78, 5) is 12.4. The molecule has 0 aliphatic rings. The van der Waals surface area contributed by atoms with E-state index in [1.807, 2.05) is 38.1 Å². The van der Waals surface area contributed by atoms with E-state index in [0.29, 0.717) is 22.8 Å². The first-order valence-corrected chi connectivity index (χ1v) is 8.38. The highest BCUT2D eigenvalue weighted by molar-refractivity contribution is 5.96. The van der Waals surface area contributed by atoms with E-state index in [0.717, 1.165) is 11.3 Å². The summed E-state index contributed by atoms with van der Waals surface area (Å²) in [6.45, 7) is 3.91. The molecule has 0 aromatic heterocycles. The third kappa shape index (κ3) is 5.37. The molecular weight excluding hydrogens is 348 g/mol. The molecule has 0 saturated heterocycles. The standard InChI is InChI=1S/C20H24N2O5/c1-13(2)27-16-8-6-7-14(9-16)12-21-22-20(23)15-10-17(24-3)19(26-5)18(11-15)25-4/h6-13H,1-5H3,(H,22,23)/b21-12-. The Morgan fingerprint density at radius 2 is 1.70 bits per heavy atom. The van der Waals surface area contributed by atoms with Crippen molar-refractivity contribution < 1.29 is 23.7 Å². The van der Waals surface area contributed by atoms with E-state index >= 15 is 0 Å². The van der Waals surface area contributed by atoms with Crippen molar-refractivity contribution in [3.63, 3.8) is 0 Å². The molecular formula is C20H24N2O5. The molecule has 2 aromatic rings. The summed E-state index contributed by atoms with van der Waals surface area (Å²) in [5.41, 5.74) is 3.62. The SMILES string of the molecule is COc1cc(C(=O)N/N=C\c2cccc(OC(C)C)c2)cc(OC)c1OC. The Morgan fingerprint density at radius 1 is 1.04 bits per heavy atom. The van der Waals surface area contributed by atoms with Gasteiger partial charge in [-0.15, -0.1) is 0 Å². The summed E-state index contributed by atoms with van der Waals surface area (Å²) in [6, 6.07) is 10.6. The summed E-state index contributed by atoms with van der Waals surface area (Å²) in [5, 5.41) is 4.00. The smallest absolute Gasteiger partial charge is 0.271 e. The van der Waals surface area contributed by atoms with E-state index in [4.69, 9.17) is 18.9 Å². The fraction of sp³-hybridized carbons (Fsp3) is 0.300. The Bertz CT molecular complexity index is 793. The fourth-order valence-electron chi connectivity index (χ4n) is 2.38. The van der Waals surface area contributed by atoms with Crippen LogP contribution in [-0.2, 0) is 0 Å². The molecule has 1 N–H and O–H groups in total. The van der Waals surface area contributed by atoms with Crippen molar-refractivity contribution in [3.05, 3.63) is 47.5 Å². The van der Waals surface area contributed by atoms with Gasteiger partial charge >= 0.3 is 0 Å². The van der Waals surface area contributed by atoms with Crippen molar-refractivity contribution in [2.45, 2.75) is 20.0 Å². The van der Waals surface area contributed by atoms with Crippen LogP contribution in [0.2, 0.25) is 0 Å². The average molecular weight is 372 g/mol. The van der Waals surface area contributed by atoms with Crippen molar-refractivity contribution in [1.29, 1.82) is 0 Å². The summed E-state index contributed by atoms with van der Waals surface area (Å²) in [6.07, 6.45) is 1.63. The second kappa shape index (κ2) is 9.47. The van der Waals surface area contributed by atoms with Gasteiger partial charge in [0.1, 0.15) is 5.75 Å². The minimum atomic E-state index is -0.403. The maximum absolute atomic E-state index is 12.4. The van der Waals surface area contributed by atoms with Gasteiger partial charge in [0.15, 0.2) is 11.5 Å². The monoisotopic (exact) mass is 372 g/mol. The molecule has 0 aliphatic heterocycles. The van der Waals surface area contributed by atoms with E-state index in [2.05, 4.69) is 10.5 Å². The van der Waals surface area contributed by atoms with Crippen LogP contribution in [0.25, 0.3) is 0 Å². The lowest BCUT2D eigenvalue weighted by atomic mass is 10.1. The molecule has 0 atom stereocenters. The van der Waals surface area contributed by atoms with Crippen LogP contribution in [0.4, 0.5) is 0 Å². The van der Waals surface area contributed by atoms with Gasteiger partial charge in [0.05, 0.1) is 33.6 Å². The molecule has 27 heavy (non-hydrogen) atoms.